The quantitative estimate of drug-likeness (QED) is 0.414. The lowest BCUT2D eigenvalue weighted by Gasteiger charge is -2.30. The van der Waals surface area contributed by atoms with Crippen LogP contribution in [0.1, 0.15) is 18.1 Å². The molecular weight excluding hydrogens is 276 g/mol. The Morgan fingerprint density at radius 1 is 1.45 bits per heavy atom. The second kappa shape index (κ2) is 7.96. The SMILES string of the molecule is C=C(C)CNC(N)=NCC(O)CN1CCc2ccccc2C1. The molecule has 2 rings (SSSR count). The van der Waals surface area contributed by atoms with Gasteiger partial charge in [-0.3, -0.25) is 9.89 Å². The summed E-state index contributed by atoms with van der Waals surface area (Å²) in [5, 5.41) is 13.1. The van der Waals surface area contributed by atoms with Crippen molar-refractivity contribution in [1.29, 1.82) is 0 Å². The van der Waals surface area contributed by atoms with Gasteiger partial charge in [-0.2, -0.15) is 0 Å². The average molecular weight is 302 g/mol. The molecule has 5 heteroatoms. The molecule has 1 atom stereocenters. The van der Waals surface area contributed by atoms with Crippen LogP contribution in [0.15, 0.2) is 41.4 Å². The number of hydrogen-bond donors (Lipinski definition) is 3. The number of nitrogens with two attached hydrogens (primary N) is 1. The summed E-state index contributed by atoms with van der Waals surface area (Å²) in [6, 6.07) is 8.49. The van der Waals surface area contributed by atoms with E-state index in [9.17, 15) is 5.11 Å². The van der Waals surface area contributed by atoms with E-state index in [-0.39, 0.29) is 0 Å². The highest BCUT2D eigenvalue weighted by Crippen LogP contribution is 2.18. The number of aliphatic hydroxyl groups is 1. The van der Waals surface area contributed by atoms with Gasteiger partial charge in [0.1, 0.15) is 0 Å². The molecule has 120 valence electrons. The summed E-state index contributed by atoms with van der Waals surface area (Å²) in [4.78, 5) is 6.44. The molecule has 1 aliphatic heterocycles. The van der Waals surface area contributed by atoms with E-state index < -0.39 is 6.10 Å². The molecule has 1 unspecified atom stereocenters. The molecule has 0 spiro atoms. The maximum Gasteiger partial charge on any atom is 0.188 e. The molecule has 0 saturated heterocycles. The van der Waals surface area contributed by atoms with Crippen molar-refractivity contribution in [1.82, 2.24) is 10.2 Å². The van der Waals surface area contributed by atoms with Crippen LogP contribution in [0.5, 0.6) is 0 Å². The van der Waals surface area contributed by atoms with Gasteiger partial charge in [-0.25, -0.2) is 0 Å². The Balaban J connectivity index is 1.77. The second-order valence-corrected chi connectivity index (χ2v) is 5.94. The maximum atomic E-state index is 10.1. The van der Waals surface area contributed by atoms with Gasteiger partial charge in [0.15, 0.2) is 5.96 Å². The van der Waals surface area contributed by atoms with Gasteiger partial charge in [0.05, 0.1) is 12.6 Å². The number of rotatable bonds is 6. The number of guanidine groups is 1. The Kier molecular flexibility index (Phi) is 5.98. The van der Waals surface area contributed by atoms with E-state index in [0.29, 0.717) is 25.6 Å². The van der Waals surface area contributed by atoms with Crippen molar-refractivity contribution in [2.24, 2.45) is 10.7 Å². The van der Waals surface area contributed by atoms with Crippen LogP contribution in [0, 0.1) is 0 Å². The standard InChI is InChI=1S/C17H26N4O/c1-13(2)9-19-17(18)20-10-16(22)12-21-8-7-14-5-3-4-6-15(14)11-21/h3-6,16,22H,1,7-12H2,2H3,(H3,18,19,20). The van der Waals surface area contributed by atoms with Gasteiger partial charge in [-0.05, 0) is 24.5 Å². The van der Waals surface area contributed by atoms with Gasteiger partial charge < -0.3 is 16.2 Å². The van der Waals surface area contributed by atoms with E-state index in [1.807, 2.05) is 6.92 Å². The number of aliphatic imine (C=N–C) groups is 1. The largest absolute Gasteiger partial charge is 0.390 e. The lowest BCUT2D eigenvalue weighted by Crippen LogP contribution is -2.39. The average Bonchev–Trinajstić information content (AvgIpc) is 2.50. The topological polar surface area (TPSA) is 73.9 Å². The summed E-state index contributed by atoms with van der Waals surface area (Å²) in [7, 11) is 0. The normalized spacial score (nSPS) is 16.9. The Labute approximate surface area is 132 Å². The van der Waals surface area contributed by atoms with Gasteiger partial charge in [0.2, 0.25) is 0 Å². The molecule has 0 aromatic heterocycles. The number of aliphatic hydroxyl groups excluding tert-OH is 1. The summed E-state index contributed by atoms with van der Waals surface area (Å²) >= 11 is 0. The van der Waals surface area contributed by atoms with Crippen LogP contribution in [0.4, 0.5) is 0 Å². The van der Waals surface area contributed by atoms with E-state index >= 15 is 0 Å². The minimum atomic E-state index is -0.504. The van der Waals surface area contributed by atoms with Gasteiger partial charge >= 0.3 is 0 Å². The third-order valence-electron chi connectivity index (χ3n) is 3.72. The predicted octanol–water partition coefficient (Wildman–Crippen LogP) is 0.886. The number of nitrogens with one attached hydrogen (secondary N) is 1. The molecule has 4 N–H and O–H groups in total. The van der Waals surface area contributed by atoms with Gasteiger partial charge in [-0.1, -0.05) is 36.4 Å². The fraction of sp³-hybridized carbons (Fsp3) is 0.471. The zero-order valence-electron chi connectivity index (χ0n) is 13.3. The van der Waals surface area contributed by atoms with Crippen LogP contribution < -0.4 is 11.1 Å². The van der Waals surface area contributed by atoms with Crippen molar-refractivity contribution >= 4 is 5.96 Å². The van der Waals surface area contributed by atoms with E-state index in [2.05, 4.69) is 46.1 Å². The zero-order chi connectivity index (χ0) is 15.9. The molecule has 0 fully saturated rings. The Hall–Kier alpha value is -1.85. The first-order valence-corrected chi connectivity index (χ1v) is 7.70. The van der Waals surface area contributed by atoms with Crippen molar-refractivity contribution < 1.29 is 5.11 Å². The van der Waals surface area contributed by atoms with Gasteiger partial charge in [0.25, 0.3) is 0 Å². The van der Waals surface area contributed by atoms with Crippen LogP contribution >= 0.6 is 0 Å². The first kappa shape index (κ1) is 16.5. The van der Waals surface area contributed by atoms with Gasteiger partial charge in [-0.15, -0.1) is 0 Å². The molecule has 0 bridgehead atoms. The molecular formula is C17H26N4O. The highest BCUT2D eigenvalue weighted by atomic mass is 16.3. The summed E-state index contributed by atoms with van der Waals surface area (Å²) < 4.78 is 0. The lowest BCUT2D eigenvalue weighted by atomic mass is 10.00. The zero-order valence-corrected chi connectivity index (χ0v) is 13.3. The minimum Gasteiger partial charge on any atom is -0.390 e. The molecule has 0 saturated carbocycles. The Bertz CT molecular complexity index is 541. The van der Waals surface area contributed by atoms with Crippen molar-refractivity contribution in [3.8, 4) is 0 Å². The molecule has 0 aliphatic carbocycles. The first-order valence-electron chi connectivity index (χ1n) is 7.70. The predicted molar refractivity (Wildman–Crippen MR) is 90.7 cm³/mol. The fourth-order valence-corrected chi connectivity index (χ4v) is 2.57. The monoisotopic (exact) mass is 302 g/mol. The minimum absolute atomic E-state index is 0.313. The fourth-order valence-electron chi connectivity index (χ4n) is 2.57. The van der Waals surface area contributed by atoms with Crippen LogP contribution in [-0.4, -0.2) is 48.2 Å². The van der Waals surface area contributed by atoms with Crippen LogP contribution in [0.2, 0.25) is 0 Å². The molecule has 22 heavy (non-hydrogen) atoms. The van der Waals surface area contributed by atoms with Crippen molar-refractivity contribution in [2.45, 2.75) is 26.0 Å². The molecule has 1 heterocycles. The highest BCUT2D eigenvalue weighted by molar-refractivity contribution is 5.78. The van der Waals surface area contributed by atoms with Crippen molar-refractivity contribution in [3.63, 3.8) is 0 Å². The van der Waals surface area contributed by atoms with E-state index in [4.69, 9.17) is 5.73 Å². The van der Waals surface area contributed by atoms with E-state index in [1.54, 1.807) is 0 Å². The second-order valence-electron chi connectivity index (χ2n) is 5.94. The number of benzene rings is 1. The van der Waals surface area contributed by atoms with Crippen LogP contribution in [0.3, 0.4) is 0 Å². The van der Waals surface area contributed by atoms with Gasteiger partial charge in [0, 0.05) is 26.2 Å². The molecule has 0 amide bonds. The summed E-state index contributed by atoms with van der Waals surface area (Å²) in [6.45, 7) is 9.11. The number of fused-ring (bicyclic) bond motifs is 1. The van der Waals surface area contributed by atoms with E-state index in [1.165, 1.54) is 11.1 Å². The molecule has 1 aromatic carbocycles. The first-order chi connectivity index (χ1) is 10.5. The number of β-amino-alcohol motifs (C(OH)–C–C–N with tert-alkyl or cyclic N) is 1. The third kappa shape index (κ3) is 5.16. The molecule has 5 nitrogen and oxygen atoms in total. The summed E-state index contributed by atoms with van der Waals surface area (Å²) in [5.41, 5.74) is 9.50. The van der Waals surface area contributed by atoms with Crippen molar-refractivity contribution in [3.05, 3.63) is 47.5 Å². The molecule has 1 aliphatic rings. The lowest BCUT2D eigenvalue weighted by molar-refractivity contribution is 0.112. The van der Waals surface area contributed by atoms with E-state index in [0.717, 1.165) is 25.1 Å². The summed E-state index contributed by atoms with van der Waals surface area (Å²) in [6.07, 6.45) is 0.532. The molecule has 0 radical (unpaired) electrons. The Morgan fingerprint density at radius 2 is 2.18 bits per heavy atom. The number of nitrogens with zero attached hydrogens (tertiary/aromatic N) is 2. The highest BCUT2D eigenvalue weighted by Gasteiger charge is 2.18. The summed E-state index contributed by atoms with van der Waals surface area (Å²) in [5.74, 6) is 0.353. The maximum absolute atomic E-state index is 10.1. The smallest absolute Gasteiger partial charge is 0.188 e. The Morgan fingerprint density at radius 3 is 2.91 bits per heavy atom. The third-order valence-corrected chi connectivity index (χ3v) is 3.72. The van der Waals surface area contributed by atoms with Crippen LogP contribution in [-0.2, 0) is 13.0 Å². The molecule has 1 aromatic rings. The number of hydrogen-bond acceptors (Lipinski definition) is 3. The van der Waals surface area contributed by atoms with Crippen LogP contribution in [0.25, 0.3) is 0 Å². The van der Waals surface area contributed by atoms with Crippen molar-refractivity contribution in [2.75, 3.05) is 26.2 Å².